The molecule has 1 atom stereocenters. The molecule has 1 aliphatic heterocycles. The molecule has 4 N–H and O–H groups in total. The molecule has 1 aliphatic rings. The minimum atomic E-state index is -0.187. The molecule has 0 spiro atoms. The van der Waals surface area contributed by atoms with Gasteiger partial charge in [0, 0.05) is 22.6 Å². The van der Waals surface area contributed by atoms with E-state index in [0.29, 0.717) is 12.6 Å². The van der Waals surface area contributed by atoms with Gasteiger partial charge < -0.3 is 16.0 Å². The van der Waals surface area contributed by atoms with Crippen molar-refractivity contribution in [1.29, 1.82) is 0 Å². The number of benzene rings is 1. The average molecular weight is 247 g/mol. The summed E-state index contributed by atoms with van der Waals surface area (Å²) in [6.45, 7) is 1.69. The molecule has 3 nitrogen and oxygen atoms in total. The Kier molecular flexibility index (Phi) is 3.06. The monoisotopic (exact) mass is 247 g/mol. The summed E-state index contributed by atoms with van der Waals surface area (Å²) in [7, 11) is 0. The van der Waals surface area contributed by atoms with Gasteiger partial charge in [0.2, 0.25) is 0 Å². The molecule has 0 aliphatic carbocycles. The van der Waals surface area contributed by atoms with Crippen LogP contribution in [0.2, 0.25) is 0 Å². The highest BCUT2D eigenvalue weighted by atomic mass is 19.1. The van der Waals surface area contributed by atoms with Gasteiger partial charge in [-0.05, 0) is 56.1 Å². The highest BCUT2D eigenvalue weighted by molar-refractivity contribution is 5.85. The van der Waals surface area contributed by atoms with Gasteiger partial charge in [0.1, 0.15) is 5.82 Å². The molecule has 4 heteroatoms. The summed E-state index contributed by atoms with van der Waals surface area (Å²) in [4.78, 5) is 3.37. The van der Waals surface area contributed by atoms with Gasteiger partial charge in [0.15, 0.2) is 0 Å². The summed E-state index contributed by atoms with van der Waals surface area (Å²) in [5.74, 6) is -0.187. The van der Waals surface area contributed by atoms with Crippen molar-refractivity contribution < 1.29 is 4.39 Å². The minimum Gasteiger partial charge on any atom is -0.357 e. The van der Waals surface area contributed by atoms with Crippen LogP contribution >= 0.6 is 0 Å². The average Bonchev–Trinajstić information content (AvgIpc) is 2.74. The second-order valence-electron chi connectivity index (χ2n) is 4.89. The van der Waals surface area contributed by atoms with E-state index < -0.39 is 0 Å². The summed E-state index contributed by atoms with van der Waals surface area (Å²) >= 11 is 0. The molecular weight excluding hydrogens is 229 g/mol. The van der Waals surface area contributed by atoms with Crippen LogP contribution in [0, 0.1) is 5.82 Å². The van der Waals surface area contributed by atoms with Crippen molar-refractivity contribution in [3.05, 3.63) is 35.3 Å². The zero-order valence-corrected chi connectivity index (χ0v) is 10.3. The fraction of sp³-hybridized carbons (Fsp3) is 0.429. The number of nitrogens with one attached hydrogen (secondary N) is 2. The standard InChI is InChI=1S/C14H18FN3/c15-9-3-4-10-11-5-7-17-12(2-1-6-16)14(11)18-13(10)8-9/h3-4,8,12,17-18H,1-2,5-7,16H2. The molecule has 0 bridgehead atoms. The maximum atomic E-state index is 13.2. The van der Waals surface area contributed by atoms with Gasteiger partial charge in [0.05, 0.1) is 0 Å². The molecular formula is C14H18FN3. The molecule has 0 saturated carbocycles. The first-order valence-electron chi connectivity index (χ1n) is 6.53. The Balaban J connectivity index is 2.03. The van der Waals surface area contributed by atoms with Crippen molar-refractivity contribution in [3.63, 3.8) is 0 Å². The van der Waals surface area contributed by atoms with E-state index in [1.54, 1.807) is 6.07 Å². The van der Waals surface area contributed by atoms with Crippen LogP contribution in [0.25, 0.3) is 10.9 Å². The van der Waals surface area contributed by atoms with Crippen molar-refractivity contribution >= 4 is 10.9 Å². The lowest BCUT2D eigenvalue weighted by molar-refractivity contribution is 0.458. The second-order valence-corrected chi connectivity index (χ2v) is 4.89. The Hall–Kier alpha value is -1.39. The van der Waals surface area contributed by atoms with Crippen LogP contribution in [-0.2, 0) is 6.42 Å². The van der Waals surface area contributed by atoms with E-state index in [2.05, 4.69) is 10.3 Å². The maximum Gasteiger partial charge on any atom is 0.125 e. The lowest BCUT2D eigenvalue weighted by Gasteiger charge is -2.24. The predicted octanol–water partition coefficient (Wildman–Crippen LogP) is 2.23. The number of aromatic amines is 1. The summed E-state index contributed by atoms with van der Waals surface area (Å²) in [5.41, 5.74) is 9.03. The normalized spacial score (nSPS) is 19.1. The van der Waals surface area contributed by atoms with Crippen molar-refractivity contribution in [3.8, 4) is 0 Å². The fourth-order valence-electron chi connectivity index (χ4n) is 2.86. The third-order valence-electron chi connectivity index (χ3n) is 3.71. The Morgan fingerprint density at radius 2 is 2.28 bits per heavy atom. The molecule has 0 radical (unpaired) electrons. The van der Waals surface area contributed by atoms with Gasteiger partial charge in [-0.2, -0.15) is 0 Å². The lowest BCUT2D eigenvalue weighted by atomic mass is 9.96. The van der Waals surface area contributed by atoms with E-state index in [-0.39, 0.29) is 5.82 Å². The SMILES string of the molecule is NCCCC1NCCc2c1[nH]c1cc(F)ccc21. The van der Waals surface area contributed by atoms with Crippen LogP contribution in [0.3, 0.4) is 0 Å². The lowest BCUT2D eigenvalue weighted by Crippen LogP contribution is -2.30. The van der Waals surface area contributed by atoms with Gasteiger partial charge >= 0.3 is 0 Å². The predicted molar refractivity (Wildman–Crippen MR) is 71.0 cm³/mol. The Bertz CT molecular complexity index is 561. The Morgan fingerprint density at radius 3 is 3.11 bits per heavy atom. The zero-order valence-electron chi connectivity index (χ0n) is 10.3. The molecule has 0 saturated heterocycles. The van der Waals surface area contributed by atoms with Gasteiger partial charge in [-0.3, -0.25) is 0 Å². The fourth-order valence-corrected chi connectivity index (χ4v) is 2.86. The Morgan fingerprint density at radius 1 is 1.39 bits per heavy atom. The van der Waals surface area contributed by atoms with E-state index in [0.717, 1.165) is 36.7 Å². The summed E-state index contributed by atoms with van der Waals surface area (Å²) in [6.07, 6.45) is 3.03. The smallest absolute Gasteiger partial charge is 0.125 e. The van der Waals surface area contributed by atoms with Gasteiger partial charge in [-0.1, -0.05) is 0 Å². The minimum absolute atomic E-state index is 0.187. The number of aromatic nitrogens is 1. The quantitative estimate of drug-likeness (QED) is 0.779. The molecule has 1 unspecified atom stereocenters. The first kappa shape index (κ1) is 11.7. The van der Waals surface area contributed by atoms with E-state index in [1.165, 1.54) is 17.3 Å². The highest BCUT2D eigenvalue weighted by Crippen LogP contribution is 2.32. The molecule has 96 valence electrons. The van der Waals surface area contributed by atoms with Crippen LogP contribution in [-0.4, -0.2) is 18.1 Å². The number of rotatable bonds is 3. The third kappa shape index (κ3) is 1.91. The highest BCUT2D eigenvalue weighted by Gasteiger charge is 2.23. The Labute approximate surface area is 106 Å². The van der Waals surface area contributed by atoms with Crippen molar-refractivity contribution in [1.82, 2.24) is 10.3 Å². The summed E-state index contributed by atoms with van der Waals surface area (Å²) in [5, 5.41) is 4.66. The van der Waals surface area contributed by atoms with Crippen molar-refractivity contribution in [2.24, 2.45) is 5.73 Å². The molecule has 1 aromatic heterocycles. The molecule has 2 aromatic rings. The topological polar surface area (TPSA) is 53.8 Å². The van der Waals surface area contributed by atoms with Crippen molar-refractivity contribution in [2.75, 3.05) is 13.1 Å². The van der Waals surface area contributed by atoms with Crippen LogP contribution < -0.4 is 11.1 Å². The number of fused-ring (bicyclic) bond motifs is 3. The summed E-state index contributed by atoms with van der Waals surface area (Å²) < 4.78 is 13.2. The van der Waals surface area contributed by atoms with Gasteiger partial charge in [0.25, 0.3) is 0 Å². The molecule has 3 rings (SSSR count). The third-order valence-corrected chi connectivity index (χ3v) is 3.71. The van der Waals surface area contributed by atoms with E-state index >= 15 is 0 Å². The first-order chi connectivity index (χ1) is 8.79. The molecule has 2 heterocycles. The van der Waals surface area contributed by atoms with Crippen LogP contribution in [0.5, 0.6) is 0 Å². The first-order valence-corrected chi connectivity index (χ1v) is 6.53. The van der Waals surface area contributed by atoms with E-state index in [4.69, 9.17) is 5.73 Å². The number of hydrogen-bond acceptors (Lipinski definition) is 2. The van der Waals surface area contributed by atoms with Crippen LogP contribution in [0.4, 0.5) is 4.39 Å². The zero-order chi connectivity index (χ0) is 12.5. The van der Waals surface area contributed by atoms with E-state index in [9.17, 15) is 4.39 Å². The maximum absolute atomic E-state index is 13.2. The number of hydrogen-bond donors (Lipinski definition) is 3. The molecule has 0 amide bonds. The number of halogens is 1. The summed E-state index contributed by atoms with van der Waals surface area (Å²) in [6, 6.07) is 5.32. The van der Waals surface area contributed by atoms with Crippen LogP contribution in [0.15, 0.2) is 18.2 Å². The van der Waals surface area contributed by atoms with Gasteiger partial charge in [-0.15, -0.1) is 0 Å². The van der Waals surface area contributed by atoms with Crippen molar-refractivity contribution in [2.45, 2.75) is 25.3 Å². The molecule has 0 fully saturated rings. The molecule has 1 aromatic carbocycles. The second kappa shape index (κ2) is 4.71. The number of nitrogens with two attached hydrogens (primary N) is 1. The molecule has 18 heavy (non-hydrogen) atoms. The largest absolute Gasteiger partial charge is 0.357 e. The van der Waals surface area contributed by atoms with Gasteiger partial charge in [-0.25, -0.2) is 4.39 Å². The van der Waals surface area contributed by atoms with Crippen LogP contribution in [0.1, 0.15) is 30.1 Å². The van der Waals surface area contributed by atoms with E-state index in [1.807, 2.05) is 6.07 Å². The number of H-pyrrole nitrogens is 1.